The first-order valence-corrected chi connectivity index (χ1v) is 9.09. The van der Waals surface area contributed by atoms with Crippen molar-refractivity contribution in [3.63, 3.8) is 0 Å². The second kappa shape index (κ2) is 5.54. The van der Waals surface area contributed by atoms with Crippen LogP contribution in [0.15, 0.2) is 24.3 Å². The zero-order valence-corrected chi connectivity index (χ0v) is 14.3. The molecule has 0 saturated heterocycles. The van der Waals surface area contributed by atoms with E-state index in [-0.39, 0.29) is 11.4 Å². The van der Waals surface area contributed by atoms with E-state index in [1.807, 2.05) is 24.3 Å². The summed E-state index contributed by atoms with van der Waals surface area (Å²) in [4.78, 5) is 15.4. The van der Waals surface area contributed by atoms with Gasteiger partial charge in [-0.2, -0.15) is 0 Å². The first-order valence-electron chi connectivity index (χ1n) is 9.09. The highest BCUT2D eigenvalue weighted by molar-refractivity contribution is 5.95. The highest BCUT2D eigenvalue weighted by atomic mass is 16.5. The van der Waals surface area contributed by atoms with Crippen molar-refractivity contribution in [3.8, 4) is 5.75 Å². The van der Waals surface area contributed by atoms with Gasteiger partial charge in [0.2, 0.25) is 0 Å². The maximum absolute atomic E-state index is 13.2. The van der Waals surface area contributed by atoms with Gasteiger partial charge in [-0.25, -0.2) is 0 Å². The topological polar surface area (TPSA) is 29.5 Å². The van der Waals surface area contributed by atoms with Gasteiger partial charge in [0.25, 0.3) is 5.91 Å². The van der Waals surface area contributed by atoms with Gasteiger partial charge in [0.05, 0.1) is 7.11 Å². The molecule has 0 aromatic heterocycles. The number of benzene rings is 1. The molecule has 1 amide bonds. The molecule has 0 unspecified atom stereocenters. The summed E-state index contributed by atoms with van der Waals surface area (Å²) in [6.45, 7) is 2.94. The van der Waals surface area contributed by atoms with Gasteiger partial charge in [-0.3, -0.25) is 4.79 Å². The van der Waals surface area contributed by atoms with Crippen LogP contribution in [0.25, 0.3) is 0 Å². The second-order valence-corrected chi connectivity index (χ2v) is 7.92. The molecule has 3 heteroatoms. The van der Waals surface area contributed by atoms with Gasteiger partial charge in [-0.05, 0) is 81.4 Å². The molecule has 4 aliphatic carbocycles. The van der Waals surface area contributed by atoms with Crippen molar-refractivity contribution in [2.75, 3.05) is 13.7 Å². The van der Waals surface area contributed by atoms with E-state index >= 15 is 0 Å². The fraction of sp³-hybridized carbons (Fsp3) is 0.650. The lowest BCUT2D eigenvalue weighted by molar-refractivity contribution is -0.0731. The van der Waals surface area contributed by atoms with E-state index in [9.17, 15) is 4.79 Å². The number of carbonyl (C=O) groups is 1. The van der Waals surface area contributed by atoms with E-state index in [1.54, 1.807) is 7.11 Å². The number of methoxy groups -OCH3 is 1. The van der Waals surface area contributed by atoms with Crippen molar-refractivity contribution in [1.82, 2.24) is 4.90 Å². The van der Waals surface area contributed by atoms with Gasteiger partial charge in [0, 0.05) is 17.6 Å². The normalized spacial score (nSPS) is 34.4. The summed E-state index contributed by atoms with van der Waals surface area (Å²) in [7, 11) is 1.65. The molecule has 124 valence electrons. The Morgan fingerprint density at radius 3 is 2.30 bits per heavy atom. The van der Waals surface area contributed by atoms with Crippen molar-refractivity contribution in [1.29, 1.82) is 0 Å². The summed E-state index contributed by atoms with van der Waals surface area (Å²) >= 11 is 0. The Kier molecular flexibility index (Phi) is 3.62. The minimum Gasteiger partial charge on any atom is -0.497 e. The highest BCUT2D eigenvalue weighted by Gasteiger charge is 2.54. The number of ether oxygens (including phenoxy) is 1. The van der Waals surface area contributed by atoms with Crippen LogP contribution in [-0.4, -0.2) is 30.0 Å². The molecule has 4 saturated carbocycles. The van der Waals surface area contributed by atoms with Crippen LogP contribution in [0.5, 0.6) is 5.75 Å². The summed E-state index contributed by atoms with van der Waals surface area (Å²) < 4.78 is 5.30. The minimum atomic E-state index is 0.129. The third-order valence-electron chi connectivity index (χ3n) is 6.46. The molecule has 0 aliphatic heterocycles. The van der Waals surface area contributed by atoms with E-state index in [0.717, 1.165) is 35.6 Å². The zero-order chi connectivity index (χ0) is 16.0. The Balaban J connectivity index is 1.64. The van der Waals surface area contributed by atoms with Crippen molar-refractivity contribution in [3.05, 3.63) is 29.8 Å². The Hall–Kier alpha value is -1.51. The van der Waals surface area contributed by atoms with E-state index in [2.05, 4.69) is 11.8 Å². The number of carbonyl (C=O) groups excluding carboxylic acids is 1. The molecule has 5 rings (SSSR count). The van der Waals surface area contributed by atoms with Crippen LogP contribution in [0.4, 0.5) is 0 Å². The summed E-state index contributed by atoms with van der Waals surface area (Å²) in [5.41, 5.74) is 0.894. The summed E-state index contributed by atoms with van der Waals surface area (Å²) in [6.07, 6.45) is 7.89. The van der Waals surface area contributed by atoms with Gasteiger partial charge >= 0.3 is 0 Å². The molecule has 0 spiro atoms. The van der Waals surface area contributed by atoms with E-state index in [1.165, 1.54) is 38.5 Å². The van der Waals surface area contributed by atoms with Crippen LogP contribution >= 0.6 is 0 Å². The van der Waals surface area contributed by atoms with Crippen LogP contribution in [0.2, 0.25) is 0 Å². The maximum atomic E-state index is 13.2. The largest absolute Gasteiger partial charge is 0.497 e. The third-order valence-corrected chi connectivity index (χ3v) is 6.46. The zero-order valence-electron chi connectivity index (χ0n) is 14.3. The van der Waals surface area contributed by atoms with Crippen LogP contribution < -0.4 is 4.74 Å². The third kappa shape index (κ3) is 2.45. The van der Waals surface area contributed by atoms with Crippen molar-refractivity contribution in [2.24, 2.45) is 17.8 Å². The average Bonchev–Trinajstić information content (AvgIpc) is 2.54. The molecule has 4 fully saturated rings. The molecule has 1 aromatic carbocycles. The molecule has 0 heterocycles. The lowest BCUT2D eigenvalue weighted by atomic mass is 9.52. The fourth-order valence-electron chi connectivity index (χ4n) is 6.00. The fourth-order valence-corrected chi connectivity index (χ4v) is 6.00. The number of hydrogen-bond donors (Lipinski definition) is 0. The molecular weight excluding hydrogens is 286 g/mol. The summed E-state index contributed by atoms with van der Waals surface area (Å²) in [5.74, 6) is 3.51. The molecule has 0 radical (unpaired) electrons. The molecule has 3 nitrogen and oxygen atoms in total. The lowest BCUT2D eigenvalue weighted by Crippen LogP contribution is -2.61. The minimum absolute atomic E-state index is 0.129. The summed E-state index contributed by atoms with van der Waals surface area (Å²) in [6, 6.07) is 7.62. The predicted molar refractivity (Wildman–Crippen MR) is 90.6 cm³/mol. The SMILES string of the molecule is CCN(C(=O)c1cccc(OC)c1)C12CC3CC(CC(C3)C1)C2. The molecular formula is C20H27NO2. The number of nitrogens with zero attached hydrogens (tertiary/aromatic N) is 1. The van der Waals surface area contributed by atoms with Crippen LogP contribution in [0, 0.1) is 17.8 Å². The molecule has 1 aromatic rings. The van der Waals surface area contributed by atoms with Crippen LogP contribution in [0.1, 0.15) is 55.8 Å². The first kappa shape index (κ1) is 15.0. The van der Waals surface area contributed by atoms with E-state index in [4.69, 9.17) is 4.74 Å². The molecule has 4 bridgehead atoms. The Bertz CT molecular complexity index is 574. The highest BCUT2D eigenvalue weighted by Crippen LogP contribution is 2.57. The maximum Gasteiger partial charge on any atom is 0.254 e. The van der Waals surface area contributed by atoms with Crippen molar-refractivity contribution < 1.29 is 9.53 Å². The van der Waals surface area contributed by atoms with Gasteiger partial charge in [-0.1, -0.05) is 6.07 Å². The van der Waals surface area contributed by atoms with Crippen molar-refractivity contribution >= 4 is 5.91 Å². The smallest absolute Gasteiger partial charge is 0.254 e. The summed E-state index contributed by atoms with van der Waals surface area (Å²) in [5, 5.41) is 0. The van der Waals surface area contributed by atoms with Gasteiger partial charge in [-0.15, -0.1) is 0 Å². The standard InChI is InChI=1S/C20H27NO2/c1-3-21(19(22)17-5-4-6-18(10-17)23-2)20-11-14-7-15(12-20)9-16(8-14)13-20/h4-6,10,14-16H,3,7-9,11-13H2,1-2H3. The Labute approximate surface area is 139 Å². The van der Waals surface area contributed by atoms with Crippen molar-refractivity contribution in [2.45, 2.75) is 51.0 Å². The Morgan fingerprint density at radius 1 is 1.17 bits per heavy atom. The van der Waals surface area contributed by atoms with Gasteiger partial charge in [0.15, 0.2) is 0 Å². The predicted octanol–water partition coefficient (Wildman–Crippen LogP) is 4.13. The number of rotatable bonds is 4. The molecule has 0 N–H and O–H groups in total. The molecule has 23 heavy (non-hydrogen) atoms. The second-order valence-electron chi connectivity index (χ2n) is 7.92. The van der Waals surface area contributed by atoms with Crippen LogP contribution in [-0.2, 0) is 0 Å². The molecule has 4 aliphatic rings. The van der Waals surface area contributed by atoms with Crippen LogP contribution in [0.3, 0.4) is 0 Å². The first-order chi connectivity index (χ1) is 11.1. The van der Waals surface area contributed by atoms with Gasteiger partial charge in [0.1, 0.15) is 5.75 Å². The quantitative estimate of drug-likeness (QED) is 0.836. The monoisotopic (exact) mass is 313 g/mol. The van der Waals surface area contributed by atoms with E-state index in [0.29, 0.717) is 0 Å². The van der Waals surface area contributed by atoms with Gasteiger partial charge < -0.3 is 9.64 Å². The number of hydrogen-bond acceptors (Lipinski definition) is 2. The Morgan fingerprint density at radius 2 is 1.78 bits per heavy atom. The molecule has 0 atom stereocenters. The average molecular weight is 313 g/mol. The van der Waals surface area contributed by atoms with E-state index < -0.39 is 0 Å². The number of amides is 1. The lowest BCUT2D eigenvalue weighted by Gasteiger charge is -2.60.